The lowest BCUT2D eigenvalue weighted by Crippen LogP contribution is -2.34. The third-order valence-electron chi connectivity index (χ3n) is 2.77. The van der Waals surface area contributed by atoms with Gasteiger partial charge < -0.3 is 15.7 Å². The fourth-order valence-corrected chi connectivity index (χ4v) is 1.88. The Kier molecular flexibility index (Phi) is 6.10. The number of benzene rings is 1. The molecule has 0 bridgehead atoms. The lowest BCUT2D eigenvalue weighted by atomic mass is 9.92. The molecule has 6 heteroatoms. The molecule has 1 rings (SSSR count). The Morgan fingerprint density at radius 2 is 1.73 bits per heavy atom. The van der Waals surface area contributed by atoms with Crippen molar-refractivity contribution in [2.75, 3.05) is 11.9 Å². The van der Waals surface area contributed by atoms with E-state index in [9.17, 15) is 14.4 Å². The zero-order valence-electron chi connectivity index (χ0n) is 13.1. The number of hydrogen-bond acceptors (Lipinski definition) is 3. The Balaban J connectivity index is 2.55. The highest BCUT2D eigenvalue weighted by molar-refractivity contribution is 5.95. The summed E-state index contributed by atoms with van der Waals surface area (Å²) in [4.78, 5) is 34.3. The first-order valence-corrected chi connectivity index (χ1v) is 7.03. The van der Waals surface area contributed by atoms with Gasteiger partial charge in [0.2, 0.25) is 11.8 Å². The van der Waals surface area contributed by atoms with Gasteiger partial charge in [-0.25, -0.2) is 0 Å². The zero-order valence-corrected chi connectivity index (χ0v) is 13.1. The monoisotopic (exact) mass is 306 g/mol. The molecule has 0 heterocycles. The molecule has 2 amide bonds. The maximum Gasteiger partial charge on any atom is 0.307 e. The molecule has 22 heavy (non-hydrogen) atoms. The van der Waals surface area contributed by atoms with Gasteiger partial charge in [-0.05, 0) is 17.0 Å². The van der Waals surface area contributed by atoms with Gasteiger partial charge in [0.05, 0.1) is 13.0 Å². The van der Waals surface area contributed by atoms with Crippen molar-refractivity contribution in [1.29, 1.82) is 0 Å². The van der Waals surface area contributed by atoms with E-state index in [0.29, 0.717) is 17.7 Å². The quantitative estimate of drug-likeness (QED) is 0.747. The maximum absolute atomic E-state index is 11.8. The highest BCUT2D eigenvalue weighted by Crippen LogP contribution is 2.18. The standard InChI is InChI=1S/C16H22N2O4/c1-16(2,3)9-13(19)17-10-14(20)18-12-7-5-4-6-11(12)8-15(21)22/h4-7H,8-10H2,1-3H3,(H,17,19)(H,18,20)(H,21,22). The third-order valence-corrected chi connectivity index (χ3v) is 2.77. The number of aliphatic carboxylic acids is 1. The molecule has 0 aromatic heterocycles. The van der Waals surface area contributed by atoms with Crippen LogP contribution in [0.5, 0.6) is 0 Å². The van der Waals surface area contributed by atoms with Crippen LogP contribution in [0.1, 0.15) is 32.8 Å². The second-order valence-electron chi connectivity index (χ2n) is 6.29. The number of anilines is 1. The van der Waals surface area contributed by atoms with E-state index in [1.165, 1.54) is 0 Å². The molecule has 1 aromatic rings. The average Bonchev–Trinajstić information content (AvgIpc) is 2.36. The largest absolute Gasteiger partial charge is 0.481 e. The van der Waals surface area contributed by atoms with E-state index in [1.807, 2.05) is 20.8 Å². The Hall–Kier alpha value is -2.37. The van der Waals surface area contributed by atoms with E-state index in [0.717, 1.165) is 0 Å². The van der Waals surface area contributed by atoms with E-state index >= 15 is 0 Å². The molecule has 0 unspecified atom stereocenters. The van der Waals surface area contributed by atoms with Gasteiger partial charge in [-0.1, -0.05) is 39.0 Å². The smallest absolute Gasteiger partial charge is 0.307 e. The van der Waals surface area contributed by atoms with E-state index in [2.05, 4.69) is 10.6 Å². The number of hydrogen-bond donors (Lipinski definition) is 3. The van der Waals surface area contributed by atoms with Crippen LogP contribution in [0.3, 0.4) is 0 Å². The number of carboxylic acids is 1. The molecule has 0 fully saturated rings. The van der Waals surface area contributed by atoms with E-state index in [4.69, 9.17) is 5.11 Å². The van der Waals surface area contributed by atoms with Crippen molar-refractivity contribution in [3.05, 3.63) is 29.8 Å². The molecule has 0 aliphatic carbocycles. The fourth-order valence-electron chi connectivity index (χ4n) is 1.88. The summed E-state index contributed by atoms with van der Waals surface area (Å²) in [6.07, 6.45) is 0.155. The highest BCUT2D eigenvalue weighted by atomic mass is 16.4. The molecule has 0 atom stereocenters. The normalized spacial score (nSPS) is 10.9. The number of carboxylic acid groups (broad SMARTS) is 1. The van der Waals surface area contributed by atoms with Gasteiger partial charge in [-0.15, -0.1) is 0 Å². The average molecular weight is 306 g/mol. The maximum atomic E-state index is 11.8. The van der Waals surface area contributed by atoms with Crippen LogP contribution < -0.4 is 10.6 Å². The molecule has 0 saturated carbocycles. The van der Waals surface area contributed by atoms with E-state index in [1.54, 1.807) is 24.3 Å². The van der Waals surface area contributed by atoms with E-state index < -0.39 is 5.97 Å². The Labute approximate surface area is 129 Å². The summed E-state index contributed by atoms with van der Waals surface area (Å²) in [5.74, 6) is -1.55. The van der Waals surface area contributed by atoms with Crippen LogP contribution in [0, 0.1) is 5.41 Å². The number of rotatable bonds is 6. The van der Waals surface area contributed by atoms with Crippen molar-refractivity contribution >= 4 is 23.5 Å². The molecule has 0 aliphatic rings. The van der Waals surface area contributed by atoms with Crippen molar-refractivity contribution in [2.45, 2.75) is 33.6 Å². The minimum absolute atomic E-state index is 0.143. The lowest BCUT2D eigenvalue weighted by Gasteiger charge is -2.17. The topological polar surface area (TPSA) is 95.5 Å². The lowest BCUT2D eigenvalue weighted by molar-refractivity contribution is -0.136. The number of amides is 2. The van der Waals surface area contributed by atoms with Crippen molar-refractivity contribution in [3.63, 3.8) is 0 Å². The molecule has 0 saturated heterocycles. The van der Waals surface area contributed by atoms with Crippen LogP contribution in [0.4, 0.5) is 5.69 Å². The number of nitrogens with one attached hydrogen (secondary N) is 2. The minimum Gasteiger partial charge on any atom is -0.481 e. The van der Waals surface area contributed by atoms with Gasteiger partial charge in [-0.3, -0.25) is 14.4 Å². The Morgan fingerprint density at radius 1 is 1.09 bits per heavy atom. The predicted octanol–water partition coefficient (Wildman–Crippen LogP) is 1.80. The Morgan fingerprint density at radius 3 is 2.32 bits per heavy atom. The number of carbonyl (C=O) groups excluding carboxylic acids is 2. The number of para-hydroxylation sites is 1. The molecule has 3 N–H and O–H groups in total. The van der Waals surface area contributed by atoms with Crippen LogP contribution in [-0.2, 0) is 20.8 Å². The summed E-state index contributed by atoms with van der Waals surface area (Å²) >= 11 is 0. The molecule has 0 spiro atoms. The molecule has 6 nitrogen and oxygen atoms in total. The second-order valence-corrected chi connectivity index (χ2v) is 6.29. The molecule has 0 radical (unpaired) electrons. The van der Waals surface area contributed by atoms with Gasteiger partial charge in [0.15, 0.2) is 0 Å². The van der Waals surface area contributed by atoms with Crippen LogP contribution in [0.25, 0.3) is 0 Å². The molecular weight excluding hydrogens is 284 g/mol. The third kappa shape index (κ3) is 6.88. The SMILES string of the molecule is CC(C)(C)CC(=O)NCC(=O)Nc1ccccc1CC(=O)O. The van der Waals surface area contributed by atoms with Crippen molar-refractivity contribution < 1.29 is 19.5 Å². The minimum atomic E-state index is -0.972. The fraction of sp³-hybridized carbons (Fsp3) is 0.438. The zero-order chi connectivity index (χ0) is 16.8. The predicted molar refractivity (Wildman–Crippen MR) is 83.5 cm³/mol. The summed E-state index contributed by atoms with van der Waals surface area (Å²) in [6, 6.07) is 6.69. The first-order valence-electron chi connectivity index (χ1n) is 7.03. The van der Waals surface area contributed by atoms with Crippen molar-refractivity contribution in [1.82, 2.24) is 5.32 Å². The summed E-state index contributed by atoms with van der Waals surface area (Å²) < 4.78 is 0. The van der Waals surface area contributed by atoms with Crippen LogP contribution in [0.15, 0.2) is 24.3 Å². The van der Waals surface area contributed by atoms with Crippen LogP contribution in [-0.4, -0.2) is 29.4 Å². The summed E-state index contributed by atoms with van der Waals surface area (Å²) in [5, 5.41) is 14.0. The van der Waals surface area contributed by atoms with Crippen molar-refractivity contribution in [3.8, 4) is 0 Å². The Bertz CT molecular complexity index is 562. The first-order chi connectivity index (χ1) is 10.2. The van der Waals surface area contributed by atoms with Crippen LogP contribution >= 0.6 is 0 Å². The van der Waals surface area contributed by atoms with Gasteiger partial charge in [0.1, 0.15) is 0 Å². The summed E-state index contributed by atoms with van der Waals surface area (Å²) in [7, 11) is 0. The second kappa shape index (κ2) is 7.59. The highest BCUT2D eigenvalue weighted by Gasteiger charge is 2.16. The van der Waals surface area contributed by atoms with Crippen LogP contribution in [0.2, 0.25) is 0 Å². The van der Waals surface area contributed by atoms with Crippen molar-refractivity contribution in [2.24, 2.45) is 5.41 Å². The summed E-state index contributed by atoms with van der Waals surface area (Å²) in [6.45, 7) is 5.68. The van der Waals surface area contributed by atoms with Gasteiger partial charge >= 0.3 is 5.97 Å². The summed E-state index contributed by atoms with van der Waals surface area (Å²) in [5.41, 5.74) is 0.818. The van der Waals surface area contributed by atoms with Gasteiger partial charge in [0, 0.05) is 12.1 Å². The molecule has 120 valence electrons. The molecule has 0 aliphatic heterocycles. The van der Waals surface area contributed by atoms with Gasteiger partial charge in [0.25, 0.3) is 0 Å². The van der Waals surface area contributed by atoms with Gasteiger partial charge in [-0.2, -0.15) is 0 Å². The molecular formula is C16H22N2O4. The first kappa shape index (κ1) is 17.7. The van der Waals surface area contributed by atoms with E-state index in [-0.39, 0.29) is 30.2 Å². The molecule has 1 aromatic carbocycles. The number of carbonyl (C=O) groups is 3.